The minimum atomic E-state index is -1.67. The third-order valence-electron chi connectivity index (χ3n) is 14.1. The van der Waals surface area contributed by atoms with Gasteiger partial charge in [0.05, 0.1) is 30.5 Å². The van der Waals surface area contributed by atoms with E-state index in [-0.39, 0.29) is 42.3 Å². The van der Waals surface area contributed by atoms with Gasteiger partial charge in [-0.3, -0.25) is 0 Å². The second-order valence-electron chi connectivity index (χ2n) is 16.5. The van der Waals surface area contributed by atoms with Crippen molar-refractivity contribution in [2.75, 3.05) is 13.2 Å². The number of hydrogen-bond donors (Lipinski definition) is 8. The van der Waals surface area contributed by atoms with E-state index in [1.807, 2.05) is 0 Å². The molecule has 2 saturated heterocycles. The van der Waals surface area contributed by atoms with Gasteiger partial charge >= 0.3 is 5.97 Å². The lowest BCUT2D eigenvalue weighted by atomic mass is 9.43. The minimum Gasteiger partial charge on any atom is -0.458 e. The first-order chi connectivity index (χ1) is 23.1. The first kappa shape index (κ1) is 36.1. The molecule has 3 heterocycles. The zero-order valence-electron chi connectivity index (χ0n) is 28.4. The fourth-order valence-corrected chi connectivity index (χ4v) is 11.4. The van der Waals surface area contributed by atoms with E-state index in [9.17, 15) is 45.6 Å². The summed E-state index contributed by atoms with van der Waals surface area (Å²) in [6.45, 7) is 5.57. The van der Waals surface area contributed by atoms with Gasteiger partial charge in [-0.2, -0.15) is 0 Å². The van der Waals surface area contributed by atoms with Crippen molar-refractivity contribution < 1.29 is 69.3 Å². The Bertz CT molecular complexity index is 1280. The van der Waals surface area contributed by atoms with Crippen LogP contribution in [-0.2, 0) is 28.5 Å². The highest BCUT2D eigenvalue weighted by Crippen LogP contribution is 2.70. The molecule has 7 aliphatic rings. The van der Waals surface area contributed by atoms with Crippen LogP contribution in [0.5, 0.6) is 0 Å². The second-order valence-corrected chi connectivity index (χ2v) is 16.5. The summed E-state index contributed by atoms with van der Waals surface area (Å²) >= 11 is 0. The van der Waals surface area contributed by atoms with Crippen molar-refractivity contribution in [1.82, 2.24) is 0 Å². The molecule has 0 aromatic heterocycles. The quantitative estimate of drug-likeness (QED) is 0.126. The van der Waals surface area contributed by atoms with Crippen molar-refractivity contribution >= 4 is 5.97 Å². The Morgan fingerprint density at radius 2 is 1.57 bits per heavy atom. The van der Waals surface area contributed by atoms with Gasteiger partial charge in [0.2, 0.25) is 0 Å². The van der Waals surface area contributed by atoms with Crippen LogP contribution < -0.4 is 0 Å². The Morgan fingerprint density at radius 1 is 0.857 bits per heavy atom. The van der Waals surface area contributed by atoms with E-state index in [0.29, 0.717) is 12.3 Å². The Hall–Kier alpha value is -1.27. The summed E-state index contributed by atoms with van der Waals surface area (Å²) in [6, 6.07) is 0. The third-order valence-corrected chi connectivity index (χ3v) is 14.1. The van der Waals surface area contributed by atoms with Crippen LogP contribution in [0.1, 0.15) is 72.1 Å². The van der Waals surface area contributed by atoms with Crippen LogP contribution in [0.4, 0.5) is 0 Å². The number of fused-ring (bicyclic) bond motifs is 5. The molecule has 49 heavy (non-hydrogen) atoms. The van der Waals surface area contributed by atoms with E-state index in [1.165, 1.54) is 6.08 Å². The van der Waals surface area contributed by atoms with Crippen molar-refractivity contribution in [3.63, 3.8) is 0 Å². The Kier molecular flexibility index (Phi) is 9.57. The molecule has 4 saturated carbocycles. The van der Waals surface area contributed by atoms with Crippen LogP contribution in [0.25, 0.3) is 0 Å². The molecule has 0 aromatic carbocycles. The van der Waals surface area contributed by atoms with Crippen LogP contribution in [0.3, 0.4) is 0 Å². The summed E-state index contributed by atoms with van der Waals surface area (Å²) in [5.74, 6) is -0.134. The average molecular weight is 699 g/mol. The largest absolute Gasteiger partial charge is 0.458 e. The highest BCUT2D eigenvalue weighted by Gasteiger charge is 2.70. The summed E-state index contributed by atoms with van der Waals surface area (Å²) in [4.78, 5) is 11.9. The third kappa shape index (κ3) is 5.64. The summed E-state index contributed by atoms with van der Waals surface area (Å²) < 4.78 is 28.7. The smallest absolute Gasteiger partial charge is 0.331 e. The van der Waals surface area contributed by atoms with Crippen molar-refractivity contribution in [2.45, 2.75) is 151 Å². The lowest BCUT2D eigenvalue weighted by Gasteiger charge is -2.63. The average Bonchev–Trinajstić information content (AvgIpc) is 3.57. The molecule has 6 fully saturated rings. The van der Waals surface area contributed by atoms with Gasteiger partial charge in [-0.25, -0.2) is 4.79 Å². The summed E-state index contributed by atoms with van der Waals surface area (Å²) in [5.41, 5.74) is -0.899. The van der Waals surface area contributed by atoms with E-state index in [2.05, 4.69) is 13.8 Å². The Labute approximate surface area is 285 Å². The molecule has 1 unspecified atom stereocenters. The number of cyclic esters (lactones) is 1. The lowest BCUT2D eigenvalue weighted by molar-refractivity contribution is -0.360. The Balaban J connectivity index is 0.987. The highest BCUT2D eigenvalue weighted by atomic mass is 16.7. The van der Waals surface area contributed by atoms with Crippen molar-refractivity contribution in [1.29, 1.82) is 0 Å². The number of rotatable bonds is 6. The van der Waals surface area contributed by atoms with Gasteiger partial charge in [0.1, 0.15) is 49.3 Å². The molecule has 7 rings (SSSR count). The number of hydrogen-bond acceptors (Lipinski definition) is 14. The van der Waals surface area contributed by atoms with E-state index in [4.69, 9.17) is 23.7 Å². The van der Waals surface area contributed by atoms with Crippen LogP contribution >= 0.6 is 0 Å². The molecule has 0 bridgehead atoms. The number of esters is 1. The van der Waals surface area contributed by atoms with Crippen LogP contribution in [0.2, 0.25) is 0 Å². The zero-order chi connectivity index (χ0) is 35.2. The molecule has 14 heteroatoms. The van der Waals surface area contributed by atoms with E-state index in [1.54, 1.807) is 6.92 Å². The zero-order valence-corrected chi connectivity index (χ0v) is 28.4. The molecule has 14 nitrogen and oxygen atoms in total. The van der Waals surface area contributed by atoms with Gasteiger partial charge in [-0.1, -0.05) is 13.8 Å². The highest BCUT2D eigenvalue weighted by molar-refractivity contribution is 5.85. The lowest BCUT2D eigenvalue weighted by Crippen LogP contribution is -2.64. The maximum absolute atomic E-state index is 12.5. The maximum Gasteiger partial charge on any atom is 0.331 e. The predicted molar refractivity (Wildman–Crippen MR) is 167 cm³/mol. The minimum absolute atomic E-state index is 0.0170. The van der Waals surface area contributed by atoms with Gasteiger partial charge in [0.25, 0.3) is 0 Å². The summed E-state index contributed by atoms with van der Waals surface area (Å²) in [6.07, 6.45) is -7.24. The first-order valence-electron chi connectivity index (χ1n) is 18.0. The van der Waals surface area contributed by atoms with Crippen molar-refractivity contribution in [2.24, 2.45) is 34.5 Å². The summed E-state index contributed by atoms with van der Waals surface area (Å²) in [5, 5.41) is 86.0. The first-order valence-corrected chi connectivity index (χ1v) is 18.0. The van der Waals surface area contributed by atoms with E-state index in [0.717, 1.165) is 44.1 Å². The molecule has 0 radical (unpaired) electrons. The Morgan fingerprint density at radius 3 is 2.27 bits per heavy atom. The van der Waals surface area contributed by atoms with Crippen LogP contribution in [0, 0.1) is 34.5 Å². The number of carbonyl (C=O) groups excluding carboxylic acids is 1. The van der Waals surface area contributed by atoms with Gasteiger partial charge in [-0.05, 0) is 80.6 Å². The van der Waals surface area contributed by atoms with Gasteiger partial charge < -0.3 is 64.5 Å². The van der Waals surface area contributed by atoms with Gasteiger partial charge in [0.15, 0.2) is 12.6 Å². The molecule has 8 N–H and O–H groups in total. The SMILES string of the molecule is C[C@@H]1OC(O[C@H]2CC[C@@]3(C)[C@H](CC[C@@H]4[C@@H]3CC[C@]3(C)[C@@H](C5=CC(=O)OC5)[C@@H](O)C[C@]43O)C2)[C@@H](O)[C@H](O)[C@@H]1O[C@@H]1O[C@H](CO)[C@@H](O)[C@H](O)[C@H]1O. The normalized spacial score (nSPS) is 56.0. The van der Waals surface area contributed by atoms with Gasteiger partial charge in [-0.15, -0.1) is 0 Å². The number of carbonyl (C=O) groups is 1. The molecule has 0 aromatic rings. The number of ether oxygens (including phenoxy) is 5. The number of aliphatic hydroxyl groups excluding tert-OH is 7. The summed E-state index contributed by atoms with van der Waals surface area (Å²) in [7, 11) is 0. The van der Waals surface area contributed by atoms with Crippen molar-refractivity contribution in [3.8, 4) is 0 Å². The molecule has 0 spiro atoms. The maximum atomic E-state index is 12.5. The topological polar surface area (TPSA) is 225 Å². The van der Waals surface area contributed by atoms with Gasteiger partial charge in [0, 0.05) is 23.8 Å². The molecule has 4 aliphatic carbocycles. The fraction of sp³-hybridized carbons (Fsp3) is 0.914. The fourth-order valence-electron chi connectivity index (χ4n) is 11.4. The monoisotopic (exact) mass is 698 g/mol. The molecule has 278 valence electrons. The molecular formula is C35H54O14. The van der Waals surface area contributed by atoms with Crippen LogP contribution in [0.15, 0.2) is 11.6 Å². The molecule has 0 amide bonds. The molecule has 19 atom stereocenters. The number of aliphatic hydroxyl groups is 8. The van der Waals surface area contributed by atoms with Crippen molar-refractivity contribution in [3.05, 3.63) is 11.6 Å². The second kappa shape index (κ2) is 13.0. The van der Waals surface area contributed by atoms with Crippen LogP contribution in [-0.4, -0.2) is 139 Å². The molecular weight excluding hydrogens is 644 g/mol. The van der Waals surface area contributed by atoms with E-state index >= 15 is 0 Å². The standard InChI is InChI=1S/C35H54O14/c1-15-30(49-32-28(42)26(40)25(39)22(13-36)48-32)27(41)29(43)31(46-15)47-18-6-8-33(2)17(11-18)4-5-20-19(33)7-9-34(3)24(16-10-23(38)45-14-16)21(37)12-35(20,34)44/h10,15,17-22,24-32,36-37,39-44H,4-9,11-14H2,1-3H3/t15-,17+,18-,19-,20+,21-,22+,24-,25+,26-,27-,28+,29-,30+,31?,32-,33-,34+,35-/m0/s1. The van der Waals surface area contributed by atoms with E-state index < -0.39 is 91.1 Å². The molecule has 3 aliphatic heterocycles. The predicted octanol–water partition coefficient (Wildman–Crippen LogP) is -0.749.